The first-order chi connectivity index (χ1) is 16.6. The molecule has 0 rings (SSSR count). The fourth-order valence-corrected chi connectivity index (χ4v) is 2.80. The number of aliphatic hydroxyl groups is 1. The van der Waals surface area contributed by atoms with Crippen LogP contribution in [0.1, 0.15) is 39.0 Å². The van der Waals surface area contributed by atoms with Crippen molar-refractivity contribution < 1.29 is 44.1 Å². The van der Waals surface area contributed by atoms with Crippen molar-refractivity contribution in [1.29, 1.82) is 0 Å². The van der Waals surface area contributed by atoms with Gasteiger partial charge < -0.3 is 54.2 Å². The van der Waals surface area contributed by atoms with E-state index < -0.39 is 72.3 Å². The van der Waals surface area contributed by atoms with E-state index in [0.29, 0.717) is 0 Å². The highest BCUT2D eigenvalue weighted by atomic mass is 16.4. The second-order valence-corrected chi connectivity index (χ2v) is 7.85. The average molecular weight is 519 g/mol. The maximum absolute atomic E-state index is 12.9. The number of amides is 4. The van der Waals surface area contributed by atoms with Crippen molar-refractivity contribution in [2.24, 2.45) is 27.9 Å². The van der Waals surface area contributed by atoms with Crippen LogP contribution in [0.4, 0.5) is 0 Å². The zero-order chi connectivity index (χ0) is 28.0. The van der Waals surface area contributed by atoms with Crippen molar-refractivity contribution in [3.8, 4) is 0 Å². The average Bonchev–Trinajstić information content (AvgIpc) is 2.75. The number of hydrogen-bond donors (Lipinski definition) is 10. The fraction of sp³-hybridized carbons (Fsp3) is 0.632. The molecule has 17 nitrogen and oxygen atoms in total. The van der Waals surface area contributed by atoms with Crippen LogP contribution < -0.4 is 38.9 Å². The number of guanidine groups is 1. The van der Waals surface area contributed by atoms with Crippen molar-refractivity contribution in [2.75, 3.05) is 6.54 Å². The van der Waals surface area contributed by atoms with Gasteiger partial charge in [-0.25, -0.2) is 4.79 Å². The highest BCUT2D eigenvalue weighted by Crippen LogP contribution is 2.05. The summed E-state index contributed by atoms with van der Waals surface area (Å²) in [5.74, 6) is -6.83. The Kier molecular flexibility index (Phi) is 14.1. The van der Waals surface area contributed by atoms with Gasteiger partial charge in [0.05, 0.1) is 18.6 Å². The molecule has 0 spiro atoms. The Labute approximate surface area is 206 Å². The van der Waals surface area contributed by atoms with E-state index >= 15 is 0 Å². The molecule has 5 unspecified atom stereocenters. The van der Waals surface area contributed by atoms with Gasteiger partial charge >= 0.3 is 11.9 Å². The third-order valence-corrected chi connectivity index (χ3v) is 4.67. The number of aliphatic carboxylic acids is 2. The lowest BCUT2D eigenvalue weighted by Gasteiger charge is -2.26. The molecule has 0 aromatic carbocycles. The summed E-state index contributed by atoms with van der Waals surface area (Å²) in [7, 11) is 0. The van der Waals surface area contributed by atoms with E-state index in [1.54, 1.807) is 0 Å². The lowest BCUT2D eigenvalue weighted by Crippen LogP contribution is -2.60. The molecule has 0 heterocycles. The molecule has 0 fully saturated rings. The monoisotopic (exact) mass is 518 g/mol. The number of nitrogens with zero attached hydrogens (tertiary/aromatic N) is 1. The molecular weight excluding hydrogens is 484 g/mol. The number of aliphatic hydroxyl groups excluding tert-OH is 1. The molecule has 0 saturated heterocycles. The molecule has 0 aliphatic carbocycles. The van der Waals surface area contributed by atoms with Crippen LogP contribution >= 0.6 is 0 Å². The second-order valence-electron chi connectivity index (χ2n) is 7.85. The summed E-state index contributed by atoms with van der Waals surface area (Å²) in [5.41, 5.74) is 21.0. The van der Waals surface area contributed by atoms with Crippen LogP contribution in [0.25, 0.3) is 0 Å². The summed E-state index contributed by atoms with van der Waals surface area (Å²) in [6, 6.07) is -6.01. The van der Waals surface area contributed by atoms with E-state index in [1.807, 2.05) is 0 Å². The Bertz CT molecular complexity index is 845. The number of carbonyl (C=O) groups is 6. The summed E-state index contributed by atoms with van der Waals surface area (Å²) in [6.07, 6.45) is -2.80. The lowest BCUT2D eigenvalue weighted by atomic mass is 10.1. The number of rotatable bonds is 17. The number of primary amides is 1. The Morgan fingerprint density at radius 1 is 0.861 bits per heavy atom. The molecule has 0 aromatic rings. The Hall–Kier alpha value is -3.99. The number of aliphatic imine (C=N–C) groups is 1. The van der Waals surface area contributed by atoms with Gasteiger partial charge in [-0.15, -0.1) is 0 Å². The molecule has 14 N–H and O–H groups in total. The van der Waals surface area contributed by atoms with Crippen molar-refractivity contribution in [1.82, 2.24) is 16.0 Å². The zero-order valence-electron chi connectivity index (χ0n) is 19.7. The molecule has 0 aliphatic rings. The Morgan fingerprint density at radius 3 is 1.92 bits per heavy atom. The first kappa shape index (κ1) is 32.0. The first-order valence-electron chi connectivity index (χ1n) is 10.8. The molecule has 5 atom stereocenters. The number of carboxylic acids is 2. The smallest absolute Gasteiger partial charge is 0.326 e. The fourth-order valence-electron chi connectivity index (χ4n) is 2.80. The molecule has 36 heavy (non-hydrogen) atoms. The van der Waals surface area contributed by atoms with E-state index in [1.165, 1.54) is 0 Å². The quantitative estimate of drug-likeness (QED) is 0.0491. The van der Waals surface area contributed by atoms with Crippen molar-refractivity contribution in [3.05, 3.63) is 0 Å². The lowest BCUT2D eigenvalue weighted by molar-refractivity contribution is -0.143. The van der Waals surface area contributed by atoms with Crippen LogP contribution in [-0.4, -0.2) is 93.7 Å². The van der Waals surface area contributed by atoms with E-state index in [9.17, 15) is 39.0 Å². The number of carboxylic acid groups (broad SMARTS) is 2. The van der Waals surface area contributed by atoms with Crippen LogP contribution in [-0.2, 0) is 28.8 Å². The third kappa shape index (κ3) is 13.0. The summed E-state index contributed by atoms with van der Waals surface area (Å²) >= 11 is 0. The van der Waals surface area contributed by atoms with Crippen molar-refractivity contribution in [2.45, 2.75) is 69.3 Å². The molecule has 4 amide bonds. The maximum Gasteiger partial charge on any atom is 0.326 e. The van der Waals surface area contributed by atoms with Gasteiger partial charge in [-0.05, 0) is 26.2 Å². The Balaban J connectivity index is 5.55. The molecule has 0 saturated carbocycles. The summed E-state index contributed by atoms with van der Waals surface area (Å²) < 4.78 is 0. The van der Waals surface area contributed by atoms with Gasteiger partial charge in [0.15, 0.2) is 5.96 Å². The van der Waals surface area contributed by atoms with Crippen LogP contribution in [0.15, 0.2) is 4.99 Å². The van der Waals surface area contributed by atoms with Gasteiger partial charge in [0, 0.05) is 13.0 Å². The summed E-state index contributed by atoms with van der Waals surface area (Å²) in [4.78, 5) is 74.6. The minimum absolute atomic E-state index is 0.0708. The normalized spacial score (nSPS) is 14.8. The minimum atomic E-state index is -1.65. The van der Waals surface area contributed by atoms with Crippen LogP contribution in [0.2, 0.25) is 0 Å². The van der Waals surface area contributed by atoms with E-state index in [0.717, 1.165) is 6.92 Å². The SMILES string of the molecule is CC(O)C(NC(=O)C(CCCN=C(N)N)NC(=O)C(N)CC(=O)O)C(=O)NC(CCC(N)=O)C(=O)O. The molecule has 204 valence electrons. The van der Waals surface area contributed by atoms with Gasteiger partial charge in [-0.1, -0.05) is 0 Å². The molecule has 0 radical (unpaired) electrons. The van der Waals surface area contributed by atoms with E-state index in [2.05, 4.69) is 20.9 Å². The topological polar surface area (TPSA) is 316 Å². The standard InChI is InChI=1S/C19H34N8O9/c1-8(28)14(17(34)26-11(18(35)36)4-5-12(21)29)27-16(33)10(3-2-6-24-19(22)23)25-15(32)9(20)7-13(30)31/h8-11,14,28H,2-7,20H2,1H3,(H2,21,29)(H,25,32)(H,26,34)(H,27,33)(H,30,31)(H,35,36)(H4,22,23,24). The van der Waals surface area contributed by atoms with E-state index in [-0.39, 0.29) is 38.2 Å². The van der Waals surface area contributed by atoms with Crippen molar-refractivity contribution >= 4 is 41.5 Å². The predicted octanol–water partition coefficient (Wildman–Crippen LogP) is -4.97. The largest absolute Gasteiger partial charge is 0.481 e. The number of nitrogens with one attached hydrogen (secondary N) is 3. The second kappa shape index (κ2) is 15.8. The number of hydrogen-bond acceptors (Lipinski definition) is 9. The molecule has 0 aromatic heterocycles. The van der Waals surface area contributed by atoms with Crippen molar-refractivity contribution in [3.63, 3.8) is 0 Å². The summed E-state index contributed by atoms with van der Waals surface area (Å²) in [6.45, 7) is 1.22. The van der Waals surface area contributed by atoms with Gasteiger partial charge in [0.1, 0.15) is 18.1 Å². The summed E-state index contributed by atoms with van der Waals surface area (Å²) in [5, 5.41) is 34.7. The van der Waals surface area contributed by atoms with E-state index in [4.69, 9.17) is 28.0 Å². The molecular formula is C19H34N8O9. The van der Waals surface area contributed by atoms with Gasteiger partial charge in [0.2, 0.25) is 23.6 Å². The first-order valence-corrected chi connectivity index (χ1v) is 10.8. The van der Waals surface area contributed by atoms with Gasteiger partial charge in [-0.3, -0.25) is 29.0 Å². The molecule has 0 aliphatic heterocycles. The third-order valence-electron chi connectivity index (χ3n) is 4.67. The van der Waals surface area contributed by atoms with Crippen LogP contribution in [0, 0.1) is 0 Å². The number of carbonyl (C=O) groups excluding carboxylic acids is 4. The molecule has 0 bridgehead atoms. The highest BCUT2D eigenvalue weighted by molar-refractivity contribution is 5.95. The van der Waals surface area contributed by atoms with Gasteiger partial charge in [0.25, 0.3) is 0 Å². The van der Waals surface area contributed by atoms with Gasteiger partial charge in [-0.2, -0.15) is 0 Å². The maximum atomic E-state index is 12.9. The zero-order valence-corrected chi connectivity index (χ0v) is 19.7. The predicted molar refractivity (Wildman–Crippen MR) is 124 cm³/mol. The van der Waals surface area contributed by atoms with Crippen LogP contribution in [0.5, 0.6) is 0 Å². The molecule has 17 heteroatoms. The number of nitrogens with two attached hydrogens (primary N) is 4. The van der Waals surface area contributed by atoms with Crippen LogP contribution in [0.3, 0.4) is 0 Å². The highest BCUT2D eigenvalue weighted by Gasteiger charge is 2.32. The minimum Gasteiger partial charge on any atom is -0.481 e. The Morgan fingerprint density at radius 2 is 1.44 bits per heavy atom.